The Morgan fingerprint density at radius 3 is 2.57 bits per heavy atom. The highest BCUT2D eigenvalue weighted by Gasteiger charge is 2.06. The highest BCUT2D eigenvalue weighted by atomic mass is 79.9. The van der Waals surface area contributed by atoms with E-state index in [2.05, 4.69) is 15.9 Å². The normalized spacial score (nSPS) is 10.4. The number of carbonyl (C=O) groups excluding carboxylic acids is 1. The third-order valence-corrected chi connectivity index (χ3v) is 3.37. The average Bonchev–Trinajstić information content (AvgIpc) is 2.48. The van der Waals surface area contributed by atoms with Crippen LogP contribution in [-0.2, 0) is 11.3 Å². The van der Waals surface area contributed by atoms with Gasteiger partial charge in [0.2, 0.25) is 0 Å². The van der Waals surface area contributed by atoms with Crippen molar-refractivity contribution in [1.29, 1.82) is 0 Å². The molecule has 0 saturated heterocycles. The van der Waals surface area contributed by atoms with Gasteiger partial charge in [-0.1, -0.05) is 28.1 Å². The van der Waals surface area contributed by atoms with Crippen LogP contribution in [0.3, 0.4) is 0 Å². The number of carbonyl (C=O) groups is 1. The first-order valence-electron chi connectivity index (χ1n) is 6.77. The molecule has 0 aliphatic rings. The maximum absolute atomic E-state index is 12.0. The fraction of sp³-hybridized carbons (Fsp3) is 0.235. The van der Waals surface area contributed by atoms with Gasteiger partial charge in [0, 0.05) is 10.0 Å². The van der Waals surface area contributed by atoms with E-state index in [9.17, 15) is 4.79 Å². The maximum Gasteiger partial charge on any atom is 0.188 e. The monoisotopic (exact) mass is 348 g/mol. The summed E-state index contributed by atoms with van der Waals surface area (Å²) in [6, 6.07) is 14.9. The van der Waals surface area contributed by atoms with Crippen molar-refractivity contribution in [3.8, 4) is 5.75 Å². The molecule has 2 rings (SSSR count). The van der Waals surface area contributed by atoms with Crippen molar-refractivity contribution in [2.75, 3.05) is 13.2 Å². The van der Waals surface area contributed by atoms with Gasteiger partial charge in [-0.3, -0.25) is 4.79 Å². The van der Waals surface area contributed by atoms with Crippen LogP contribution in [-0.4, -0.2) is 19.0 Å². The predicted octanol–water partition coefficient (Wildman–Crippen LogP) is 4.25. The second-order valence-corrected chi connectivity index (χ2v) is 5.42. The van der Waals surface area contributed by atoms with Gasteiger partial charge in [-0.15, -0.1) is 0 Å². The number of benzene rings is 2. The first-order valence-corrected chi connectivity index (χ1v) is 7.56. The summed E-state index contributed by atoms with van der Waals surface area (Å²) >= 11 is 3.40. The van der Waals surface area contributed by atoms with Crippen LogP contribution >= 0.6 is 15.9 Å². The van der Waals surface area contributed by atoms with Gasteiger partial charge in [-0.25, -0.2) is 0 Å². The van der Waals surface area contributed by atoms with Crippen LogP contribution in [0.5, 0.6) is 5.75 Å². The zero-order valence-corrected chi connectivity index (χ0v) is 13.4. The largest absolute Gasteiger partial charge is 0.494 e. The van der Waals surface area contributed by atoms with Crippen molar-refractivity contribution in [2.45, 2.75) is 13.5 Å². The zero-order valence-electron chi connectivity index (χ0n) is 11.8. The first kappa shape index (κ1) is 15.7. The van der Waals surface area contributed by atoms with E-state index in [1.807, 2.05) is 31.2 Å². The van der Waals surface area contributed by atoms with Gasteiger partial charge in [0.1, 0.15) is 12.4 Å². The van der Waals surface area contributed by atoms with Gasteiger partial charge in [-0.2, -0.15) is 0 Å². The summed E-state index contributed by atoms with van der Waals surface area (Å²) in [5.41, 5.74) is 1.66. The summed E-state index contributed by atoms with van der Waals surface area (Å²) in [7, 11) is 0. The van der Waals surface area contributed by atoms with E-state index in [1.165, 1.54) is 0 Å². The number of ketones is 1. The fourth-order valence-electron chi connectivity index (χ4n) is 1.88. The molecule has 0 saturated carbocycles. The molecule has 2 aromatic carbocycles. The molecule has 0 aliphatic carbocycles. The molecule has 0 heterocycles. The Hall–Kier alpha value is -1.65. The Kier molecular flexibility index (Phi) is 5.96. The highest BCUT2D eigenvalue weighted by Crippen LogP contribution is 2.14. The van der Waals surface area contributed by atoms with E-state index in [0.29, 0.717) is 18.8 Å². The van der Waals surface area contributed by atoms with E-state index in [-0.39, 0.29) is 12.4 Å². The molecule has 0 radical (unpaired) electrons. The Bertz CT molecular complexity index is 593. The molecule has 0 fully saturated rings. The van der Waals surface area contributed by atoms with Crippen LogP contribution in [0.4, 0.5) is 0 Å². The summed E-state index contributed by atoms with van der Waals surface area (Å²) in [5.74, 6) is 0.733. The van der Waals surface area contributed by atoms with E-state index in [1.54, 1.807) is 24.3 Å². The van der Waals surface area contributed by atoms with Crippen molar-refractivity contribution in [2.24, 2.45) is 0 Å². The average molecular weight is 349 g/mol. The lowest BCUT2D eigenvalue weighted by atomic mass is 10.1. The summed E-state index contributed by atoms with van der Waals surface area (Å²) in [6.07, 6.45) is 0. The summed E-state index contributed by atoms with van der Waals surface area (Å²) in [6.45, 7) is 3.03. The SMILES string of the molecule is CCOc1ccc(C(=O)COCc2cccc(Br)c2)cc1. The molecule has 0 atom stereocenters. The molecular weight excluding hydrogens is 332 g/mol. The Morgan fingerprint density at radius 1 is 1.14 bits per heavy atom. The molecule has 0 aromatic heterocycles. The standard InChI is InChI=1S/C17H17BrO3/c1-2-21-16-8-6-14(7-9-16)17(19)12-20-11-13-4-3-5-15(18)10-13/h3-10H,2,11-12H2,1H3. The molecule has 0 bridgehead atoms. The van der Waals surface area contributed by atoms with Crippen LogP contribution in [0, 0.1) is 0 Å². The molecule has 21 heavy (non-hydrogen) atoms. The topological polar surface area (TPSA) is 35.5 Å². The molecule has 4 heteroatoms. The zero-order chi connectivity index (χ0) is 15.1. The van der Waals surface area contributed by atoms with Crippen LogP contribution in [0.25, 0.3) is 0 Å². The van der Waals surface area contributed by atoms with E-state index >= 15 is 0 Å². The second-order valence-electron chi connectivity index (χ2n) is 4.50. The lowest BCUT2D eigenvalue weighted by Gasteiger charge is -2.06. The van der Waals surface area contributed by atoms with Gasteiger partial charge < -0.3 is 9.47 Å². The molecule has 0 N–H and O–H groups in total. The minimum Gasteiger partial charge on any atom is -0.494 e. The van der Waals surface area contributed by atoms with Crippen molar-refractivity contribution in [3.05, 3.63) is 64.1 Å². The van der Waals surface area contributed by atoms with Crippen LogP contribution in [0.15, 0.2) is 53.0 Å². The van der Waals surface area contributed by atoms with Crippen molar-refractivity contribution < 1.29 is 14.3 Å². The number of Topliss-reactive ketones (excluding diaryl/α,β-unsaturated/α-hetero) is 1. The van der Waals surface area contributed by atoms with Gasteiger partial charge in [0.25, 0.3) is 0 Å². The van der Waals surface area contributed by atoms with Crippen molar-refractivity contribution in [3.63, 3.8) is 0 Å². The molecule has 0 spiro atoms. The predicted molar refractivity (Wildman–Crippen MR) is 85.7 cm³/mol. The van der Waals surface area contributed by atoms with Gasteiger partial charge in [0.15, 0.2) is 5.78 Å². The Morgan fingerprint density at radius 2 is 1.90 bits per heavy atom. The quantitative estimate of drug-likeness (QED) is 0.701. The smallest absolute Gasteiger partial charge is 0.188 e. The number of ether oxygens (including phenoxy) is 2. The molecular formula is C17H17BrO3. The highest BCUT2D eigenvalue weighted by molar-refractivity contribution is 9.10. The second kappa shape index (κ2) is 7.96. The first-order chi connectivity index (χ1) is 10.2. The third kappa shape index (κ3) is 4.99. The maximum atomic E-state index is 12.0. The summed E-state index contributed by atoms with van der Waals surface area (Å²) in [4.78, 5) is 12.0. The van der Waals surface area contributed by atoms with Crippen LogP contribution in [0.1, 0.15) is 22.8 Å². The lowest BCUT2D eigenvalue weighted by Crippen LogP contribution is -2.09. The van der Waals surface area contributed by atoms with Crippen LogP contribution in [0.2, 0.25) is 0 Å². The summed E-state index contributed by atoms with van der Waals surface area (Å²) < 4.78 is 11.8. The minimum atomic E-state index is -0.0342. The Balaban J connectivity index is 1.84. The molecule has 0 amide bonds. The van der Waals surface area contributed by atoms with E-state index < -0.39 is 0 Å². The Labute approximate surface area is 133 Å². The van der Waals surface area contributed by atoms with Crippen molar-refractivity contribution >= 4 is 21.7 Å². The van der Waals surface area contributed by atoms with E-state index in [0.717, 1.165) is 15.8 Å². The number of halogens is 1. The molecule has 0 aliphatic heterocycles. The number of hydrogen-bond acceptors (Lipinski definition) is 3. The van der Waals surface area contributed by atoms with Gasteiger partial charge in [0.05, 0.1) is 13.2 Å². The lowest BCUT2D eigenvalue weighted by molar-refractivity contribution is 0.0726. The van der Waals surface area contributed by atoms with Crippen LogP contribution < -0.4 is 4.74 Å². The number of hydrogen-bond donors (Lipinski definition) is 0. The van der Waals surface area contributed by atoms with Crippen molar-refractivity contribution in [1.82, 2.24) is 0 Å². The van der Waals surface area contributed by atoms with E-state index in [4.69, 9.17) is 9.47 Å². The molecule has 0 unspecified atom stereocenters. The fourth-order valence-corrected chi connectivity index (χ4v) is 2.32. The molecule has 3 nitrogen and oxygen atoms in total. The molecule has 2 aromatic rings. The van der Waals surface area contributed by atoms with Gasteiger partial charge >= 0.3 is 0 Å². The minimum absolute atomic E-state index is 0.0342. The molecule has 110 valence electrons. The van der Waals surface area contributed by atoms with Gasteiger partial charge in [-0.05, 0) is 48.9 Å². The number of rotatable bonds is 7. The summed E-state index contributed by atoms with van der Waals surface area (Å²) in [5, 5.41) is 0. The third-order valence-electron chi connectivity index (χ3n) is 2.88.